The highest BCUT2D eigenvalue weighted by atomic mass is 32.2. The van der Waals surface area contributed by atoms with Gasteiger partial charge >= 0.3 is 5.97 Å². The first-order valence-corrected chi connectivity index (χ1v) is 6.38. The van der Waals surface area contributed by atoms with Gasteiger partial charge in [0.25, 0.3) is 0 Å². The number of amides is 1. The zero-order valence-electron chi connectivity index (χ0n) is 8.36. The second-order valence-electron chi connectivity index (χ2n) is 2.91. The molecule has 2 N–H and O–H groups in total. The maximum atomic E-state index is 11.2. The lowest BCUT2D eigenvalue weighted by molar-refractivity contribution is -0.113. The lowest BCUT2D eigenvalue weighted by Crippen LogP contribution is -2.12. The number of aromatic carboxylic acids is 1. The summed E-state index contributed by atoms with van der Waals surface area (Å²) in [6.07, 6.45) is 1.84. The highest BCUT2D eigenvalue weighted by molar-refractivity contribution is 7.99. The Labute approximate surface area is 95.7 Å². The predicted octanol–water partition coefficient (Wildman–Crippen LogP) is 2.06. The van der Waals surface area contributed by atoms with Crippen LogP contribution in [0.2, 0.25) is 0 Å². The number of hydrogen-bond acceptors (Lipinski definition) is 4. The summed E-state index contributed by atoms with van der Waals surface area (Å²) in [7, 11) is 0. The summed E-state index contributed by atoms with van der Waals surface area (Å²) in [5.74, 6) is -0.692. The van der Waals surface area contributed by atoms with Crippen molar-refractivity contribution in [3.8, 4) is 0 Å². The van der Waals surface area contributed by atoms with Crippen molar-refractivity contribution in [2.45, 2.75) is 6.92 Å². The maximum Gasteiger partial charge on any atom is 0.346 e. The van der Waals surface area contributed by atoms with Crippen LogP contribution in [0.15, 0.2) is 6.07 Å². The van der Waals surface area contributed by atoms with Gasteiger partial charge in [-0.1, -0.05) is 0 Å². The fourth-order valence-electron chi connectivity index (χ4n) is 1.06. The third-order valence-corrected chi connectivity index (χ3v) is 3.34. The van der Waals surface area contributed by atoms with E-state index in [0.717, 1.165) is 11.3 Å². The van der Waals surface area contributed by atoms with Crippen molar-refractivity contribution in [2.75, 3.05) is 17.3 Å². The molecule has 1 heterocycles. The number of hydrogen-bond donors (Lipinski definition) is 2. The second kappa shape index (κ2) is 5.18. The predicted molar refractivity (Wildman–Crippen MR) is 63.0 cm³/mol. The van der Waals surface area contributed by atoms with Crippen LogP contribution in [0.1, 0.15) is 15.2 Å². The summed E-state index contributed by atoms with van der Waals surface area (Å²) in [6, 6.07) is 1.67. The van der Waals surface area contributed by atoms with E-state index in [1.54, 1.807) is 13.0 Å². The Morgan fingerprint density at radius 2 is 2.27 bits per heavy atom. The second-order valence-corrected chi connectivity index (χ2v) is 4.83. The number of nitrogens with one attached hydrogen (secondary N) is 1. The first-order chi connectivity index (χ1) is 7.04. The summed E-state index contributed by atoms with van der Waals surface area (Å²) >= 11 is 2.50. The smallest absolute Gasteiger partial charge is 0.346 e. The molecule has 0 radical (unpaired) electrons. The Bertz CT molecular complexity index is 387. The normalized spacial score (nSPS) is 10.0. The van der Waals surface area contributed by atoms with Gasteiger partial charge in [0.1, 0.15) is 4.88 Å². The van der Waals surface area contributed by atoms with Crippen LogP contribution in [0, 0.1) is 6.92 Å². The molecule has 82 valence electrons. The molecule has 0 aromatic carbocycles. The van der Waals surface area contributed by atoms with E-state index in [1.807, 2.05) is 6.26 Å². The van der Waals surface area contributed by atoms with Crippen LogP contribution >= 0.6 is 23.1 Å². The number of carboxylic acids is 1. The molecular weight excluding hydrogens is 234 g/mol. The monoisotopic (exact) mass is 245 g/mol. The standard InChI is InChI=1S/C9H11NO3S2/c1-5-3-7(10-6(11)4-14-2)15-8(5)9(12)13/h3H,4H2,1-2H3,(H,10,11)(H,12,13). The summed E-state index contributed by atoms with van der Waals surface area (Å²) < 4.78 is 0. The number of rotatable bonds is 4. The number of aryl methyl sites for hydroxylation is 1. The number of carbonyl (C=O) groups excluding carboxylic acids is 1. The lowest BCUT2D eigenvalue weighted by atomic mass is 10.3. The van der Waals surface area contributed by atoms with Crippen molar-refractivity contribution in [1.29, 1.82) is 0 Å². The Kier molecular flexibility index (Phi) is 4.16. The summed E-state index contributed by atoms with van der Waals surface area (Å²) in [5.41, 5.74) is 0.673. The topological polar surface area (TPSA) is 66.4 Å². The van der Waals surface area contributed by atoms with Gasteiger partial charge in [0, 0.05) is 0 Å². The van der Waals surface area contributed by atoms with Gasteiger partial charge in [0.2, 0.25) is 5.91 Å². The van der Waals surface area contributed by atoms with Gasteiger partial charge < -0.3 is 10.4 Å². The molecule has 1 amide bonds. The summed E-state index contributed by atoms with van der Waals surface area (Å²) in [6.45, 7) is 1.71. The zero-order chi connectivity index (χ0) is 11.4. The van der Waals surface area contributed by atoms with Crippen LogP contribution in [0.5, 0.6) is 0 Å². The molecule has 0 aliphatic carbocycles. The van der Waals surface area contributed by atoms with Gasteiger partial charge in [0.05, 0.1) is 10.8 Å². The molecular formula is C9H11NO3S2. The van der Waals surface area contributed by atoms with Crippen molar-refractivity contribution in [3.63, 3.8) is 0 Å². The van der Waals surface area contributed by atoms with Crippen molar-refractivity contribution >= 4 is 40.0 Å². The Morgan fingerprint density at radius 1 is 1.60 bits per heavy atom. The zero-order valence-corrected chi connectivity index (χ0v) is 10.00. The molecule has 0 aliphatic rings. The highest BCUT2D eigenvalue weighted by Gasteiger charge is 2.13. The molecule has 1 aromatic heterocycles. The van der Waals surface area contributed by atoms with E-state index in [4.69, 9.17) is 5.11 Å². The maximum absolute atomic E-state index is 11.2. The van der Waals surface area contributed by atoms with Gasteiger partial charge in [0.15, 0.2) is 0 Å². The van der Waals surface area contributed by atoms with E-state index in [2.05, 4.69) is 5.32 Å². The van der Waals surface area contributed by atoms with Crippen LogP contribution in [0.4, 0.5) is 5.00 Å². The van der Waals surface area contributed by atoms with Crippen molar-refractivity contribution in [3.05, 3.63) is 16.5 Å². The van der Waals surface area contributed by atoms with Crippen molar-refractivity contribution in [1.82, 2.24) is 0 Å². The molecule has 0 fully saturated rings. The number of thiophene rings is 1. The first kappa shape index (κ1) is 12.1. The van der Waals surface area contributed by atoms with Crippen molar-refractivity contribution in [2.24, 2.45) is 0 Å². The quantitative estimate of drug-likeness (QED) is 0.852. The van der Waals surface area contributed by atoms with Crippen LogP contribution < -0.4 is 5.32 Å². The highest BCUT2D eigenvalue weighted by Crippen LogP contribution is 2.26. The lowest BCUT2D eigenvalue weighted by Gasteiger charge is -1.98. The molecule has 15 heavy (non-hydrogen) atoms. The van der Waals surface area contributed by atoms with Gasteiger partial charge in [-0.2, -0.15) is 11.8 Å². The average molecular weight is 245 g/mol. The van der Waals surface area contributed by atoms with Gasteiger partial charge in [-0.3, -0.25) is 4.79 Å². The van der Waals surface area contributed by atoms with Gasteiger partial charge in [-0.15, -0.1) is 11.3 Å². The van der Waals surface area contributed by atoms with Crippen LogP contribution in [0.25, 0.3) is 0 Å². The first-order valence-electron chi connectivity index (χ1n) is 4.17. The Balaban J connectivity index is 2.75. The van der Waals surface area contributed by atoms with Crippen LogP contribution in [-0.4, -0.2) is 29.0 Å². The van der Waals surface area contributed by atoms with E-state index in [1.165, 1.54) is 11.8 Å². The SMILES string of the molecule is CSCC(=O)Nc1cc(C)c(C(=O)O)s1. The van der Waals surface area contributed by atoms with Gasteiger partial charge in [-0.25, -0.2) is 4.79 Å². The number of carbonyl (C=O) groups is 2. The minimum Gasteiger partial charge on any atom is -0.477 e. The van der Waals surface area contributed by atoms with E-state index in [9.17, 15) is 9.59 Å². The number of thioether (sulfide) groups is 1. The fourth-order valence-corrected chi connectivity index (χ4v) is 2.32. The molecule has 0 spiro atoms. The summed E-state index contributed by atoms with van der Waals surface area (Å²) in [5, 5.41) is 12.1. The van der Waals surface area contributed by atoms with E-state index >= 15 is 0 Å². The molecule has 0 bridgehead atoms. The molecule has 0 unspecified atom stereocenters. The van der Waals surface area contributed by atoms with Crippen LogP contribution in [-0.2, 0) is 4.79 Å². The number of anilines is 1. The number of carboxylic acid groups (broad SMARTS) is 1. The van der Waals surface area contributed by atoms with Crippen molar-refractivity contribution < 1.29 is 14.7 Å². The van der Waals surface area contributed by atoms with E-state index in [-0.39, 0.29) is 10.8 Å². The molecule has 0 atom stereocenters. The largest absolute Gasteiger partial charge is 0.477 e. The average Bonchev–Trinajstić information content (AvgIpc) is 2.47. The minimum atomic E-state index is -0.956. The van der Waals surface area contributed by atoms with E-state index in [0.29, 0.717) is 16.3 Å². The molecule has 1 aromatic rings. The minimum absolute atomic E-state index is 0.110. The van der Waals surface area contributed by atoms with E-state index < -0.39 is 5.97 Å². The third-order valence-electron chi connectivity index (χ3n) is 1.65. The van der Waals surface area contributed by atoms with Gasteiger partial charge in [-0.05, 0) is 24.8 Å². The molecule has 1 rings (SSSR count). The molecule has 4 nitrogen and oxygen atoms in total. The Hall–Kier alpha value is -1.01. The molecule has 6 heteroatoms. The Morgan fingerprint density at radius 3 is 2.73 bits per heavy atom. The molecule has 0 saturated carbocycles. The third kappa shape index (κ3) is 3.24. The molecule has 0 saturated heterocycles. The van der Waals surface area contributed by atoms with Crippen LogP contribution in [0.3, 0.4) is 0 Å². The fraction of sp³-hybridized carbons (Fsp3) is 0.333. The summed E-state index contributed by atoms with van der Waals surface area (Å²) in [4.78, 5) is 22.2. The molecule has 0 aliphatic heterocycles.